The largest absolute Gasteiger partial charge is 0.398 e. The van der Waals surface area contributed by atoms with Crippen LogP contribution in [0.1, 0.15) is 28.7 Å². The molecule has 2 aromatic rings. The van der Waals surface area contributed by atoms with Crippen molar-refractivity contribution in [3.63, 3.8) is 0 Å². The Hall–Kier alpha value is -2.06. The van der Waals surface area contributed by atoms with E-state index < -0.39 is 5.54 Å². The van der Waals surface area contributed by atoms with Gasteiger partial charge in [0, 0.05) is 11.3 Å². The Kier molecular flexibility index (Phi) is 3.11. The number of hydrogen-bond acceptors (Lipinski definition) is 2. The minimum Gasteiger partial charge on any atom is -0.398 e. The van der Waals surface area contributed by atoms with Crippen molar-refractivity contribution in [2.45, 2.75) is 25.3 Å². The minimum atomic E-state index is -0.413. The van der Waals surface area contributed by atoms with Crippen molar-refractivity contribution < 1.29 is 0 Å². The standard InChI is InChI=1S/C18H20N2/c1-13-5-2-6-14(11-13)12-18(20)10-4-8-15-7-3-9-16(19)17(15)18/h2-9,11H,10,12,19-20H2,1H3. The van der Waals surface area contributed by atoms with E-state index in [9.17, 15) is 0 Å². The molecule has 1 aliphatic carbocycles. The van der Waals surface area contributed by atoms with Gasteiger partial charge in [-0.3, -0.25) is 0 Å². The van der Waals surface area contributed by atoms with E-state index >= 15 is 0 Å². The molecule has 0 fully saturated rings. The Labute approximate surface area is 120 Å². The molecule has 2 nitrogen and oxygen atoms in total. The fraction of sp³-hybridized carbons (Fsp3) is 0.222. The number of aryl methyl sites for hydroxylation is 1. The molecule has 2 heteroatoms. The van der Waals surface area contributed by atoms with Gasteiger partial charge in [0.25, 0.3) is 0 Å². The lowest BCUT2D eigenvalue weighted by Gasteiger charge is -2.34. The number of nitrogens with two attached hydrogens (primary N) is 2. The topological polar surface area (TPSA) is 52.0 Å². The van der Waals surface area contributed by atoms with Crippen molar-refractivity contribution in [2.24, 2.45) is 5.73 Å². The van der Waals surface area contributed by atoms with Crippen LogP contribution in [0.5, 0.6) is 0 Å². The highest BCUT2D eigenvalue weighted by molar-refractivity contribution is 5.68. The van der Waals surface area contributed by atoms with Gasteiger partial charge in [-0.15, -0.1) is 0 Å². The van der Waals surface area contributed by atoms with Crippen molar-refractivity contribution in [1.82, 2.24) is 0 Å². The van der Waals surface area contributed by atoms with E-state index in [1.807, 2.05) is 12.1 Å². The summed E-state index contributed by atoms with van der Waals surface area (Å²) in [6, 6.07) is 14.5. The number of rotatable bonds is 2. The van der Waals surface area contributed by atoms with Gasteiger partial charge in [0.05, 0.1) is 5.54 Å². The molecule has 102 valence electrons. The second-order valence-electron chi connectivity index (χ2n) is 5.74. The van der Waals surface area contributed by atoms with Crippen molar-refractivity contribution >= 4 is 11.8 Å². The first-order valence-corrected chi connectivity index (χ1v) is 6.98. The molecule has 20 heavy (non-hydrogen) atoms. The van der Waals surface area contributed by atoms with Gasteiger partial charge < -0.3 is 11.5 Å². The highest BCUT2D eigenvalue weighted by Crippen LogP contribution is 2.37. The van der Waals surface area contributed by atoms with Crippen LogP contribution in [0.3, 0.4) is 0 Å². The number of benzene rings is 2. The molecule has 0 amide bonds. The van der Waals surface area contributed by atoms with Crippen LogP contribution in [0.15, 0.2) is 48.5 Å². The molecular formula is C18H20N2. The lowest BCUT2D eigenvalue weighted by Crippen LogP contribution is -2.41. The molecule has 1 unspecified atom stereocenters. The van der Waals surface area contributed by atoms with Crippen LogP contribution in [0, 0.1) is 6.92 Å². The molecule has 1 atom stereocenters. The predicted octanol–water partition coefficient (Wildman–Crippen LogP) is 3.39. The summed E-state index contributed by atoms with van der Waals surface area (Å²) < 4.78 is 0. The lowest BCUT2D eigenvalue weighted by molar-refractivity contribution is 0.444. The highest BCUT2D eigenvalue weighted by atomic mass is 14.8. The lowest BCUT2D eigenvalue weighted by atomic mass is 9.76. The van der Waals surface area contributed by atoms with Crippen molar-refractivity contribution in [3.05, 3.63) is 70.8 Å². The molecule has 0 aromatic heterocycles. The van der Waals surface area contributed by atoms with Crippen LogP contribution < -0.4 is 11.5 Å². The van der Waals surface area contributed by atoms with E-state index in [0.717, 1.165) is 29.7 Å². The molecule has 0 saturated heterocycles. The Morgan fingerprint density at radius 3 is 2.75 bits per heavy atom. The summed E-state index contributed by atoms with van der Waals surface area (Å²) in [6.45, 7) is 2.11. The van der Waals surface area contributed by atoms with Crippen LogP contribution in [0.2, 0.25) is 0 Å². The molecule has 3 rings (SSSR count). The maximum absolute atomic E-state index is 6.72. The van der Waals surface area contributed by atoms with Crippen LogP contribution in [0.25, 0.3) is 6.08 Å². The molecule has 0 saturated carbocycles. The first-order valence-electron chi connectivity index (χ1n) is 6.98. The maximum atomic E-state index is 6.72. The Morgan fingerprint density at radius 2 is 1.95 bits per heavy atom. The van der Waals surface area contributed by atoms with Crippen LogP contribution in [-0.4, -0.2) is 0 Å². The Morgan fingerprint density at radius 1 is 1.15 bits per heavy atom. The highest BCUT2D eigenvalue weighted by Gasteiger charge is 2.32. The molecule has 2 aromatic carbocycles. The van der Waals surface area contributed by atoms with E-state index in [-0.39, 0.29) is 0 Å². The molecule has 4 N–H and O–H groups in total. The summed E-state index contributed by atoms with van der Waals surface area (Å²) in [6.07, 6.45) is 5.90. The SMILES string of the molecule is Cc1cccc(CC2(N)CC=Cc3cccc(N)c32)c1. The van der Waals surface area contributed by atoms with E-state index in [0.29, 0.717) is 0 Å². The van der Waals surface area contributed by atoms with Gasteiger partial charge in [0.15, 0.2) is 0 Å². The summed E-state index contributed by atoms with van der Waals surface area (Å²) in [5.74, 6) is 0. The zero-order valence-corrected chi connectivity index (χ0v) is 11.8. The fourth-order valence-electron chi connectivity index (χ4n) is 3.15. The monoisotopic (exact) mass is 264 g/mol. The molecule has 0 heterocycles. The summed E-state index contributed by atoms with van der Waals surface area (Å²) in [4.78, 5) is 0. The Balaban J connectivity index is 2.04. The third kappa shape index (κ3) is 2.23. The first-order chi connectivity index (χ1) is 9.58. The maximum Gasteiger partial charge on any atom is 0.0511 e. The van der Waals surface area contributed by atoms with E-state index in [4.69, 9.17) is 11.5 Å². The van der Waals surface area contributed by atoms with E-state index in [2.05, 4.69) is 49.4 Å². The van der Waals surface area contributed by atoms with Crippen LogP contribution >= 0.6 is 0 Å². The van der Waals surface area contributed by atoms with Crippen molar-refractivity contribution in [3.8, 4) is 0 Å². The molecule has 0 radical (unpaired) electrons. The number of fused-ring (bicyclic) bond motifs is 1. The average molecular weight is 264 g/mol. The zero-order chi connectivity index (χ0) is 14.2. The number of nitrogen functional groups attached to an aromatic ring is 1. The molecule has 0 spiro atoms. The van der Waals surface area contributed by atoms with Gasteiger partial charge in [-0.25, -0.2) is 0 Å². The fourth-order valence-corrected chi connectivity index (χ4v) is 3.15. The van der Waals surface area contributed by atoms with Gasteiger partial charge in [0.2, 0.25) is 0 Å². The van der Waals surface area contributed by atoms with Gasteiger partial charge >= 0.3 is 0 Å². The summed E-state index contributed by atoms with van der Waals surface area (Å²) in [5.41, 5.74) is 18.0. The Bertz CT molecular complexity index is 673. The van der Waals surface area contributed by atoms with Crippen LogP contribution in [-0.2, 0) is 12.0 Å². The molecule has 0 bridgehead atoms. The normalized spacial score (nSPS) is 20.7. The van der Waals surface area contributed by atoms with Crippen molar-refractivity contribution in [1.29, 1.82) is 0 Å². The number of hydrogen-bond donors (Lipinski definition) is 2. The minimum absolute atomic E-state index is 0.413. The van der Waals surface area contributed by atoms with Gasteiger partial charge in [0.1, 0.15) is 0 Å². The predicted molar refractivity (Wildman–Crippen MR) is 85.3 cm³/mol. The molecular weight excluding hydrogens is 244 g/mol. The van der Waals surface area contributed by atoms with Crippen molar-refractivity contribution in [2.75, 3.05) is 5.73 Å². The summed E-state index contributed by atoms with van der Waals surface area (Å²) >= 11 is 0. The summed E-state index contributed by atoms with van der Waals surface area (Å²) in [5, 5.41) is 0. The van der Waals surface area contributed by atoms with E-state index in [1.165, 1.54) is 11.1 Å². The quantitative estimate of drug-likeness (QED) is 0.817. The second-order valence-corrected chi connectivity index (χ2v) is 5.74. The third-order valence-corrected chi connectivity index (χ3v) is 4.01. The second kappa shape index (κ2) is 4.80. The molecule has 0 aliphatic heterocycles. The van der Waals surface area contributed by atoms with Gasteiger partial charge in [-0.2, -0.15) is 0 Å². The number of anilines is 1. The van der Waals surface area contributed by atoms with Gasteiger partial charge in [-0.1, -0.05) is 54.1 Å². The zero-order valence-electron chi connectivity index (χ0n) is 11.8. The summed E-state index contributed by atoms with van der Waals surface area (Å²) in [7, 11) is 0. The van der Waals surface area contributed by atoms with Gasteiger partial charge in [-0.05, 0) is 37.0 Å². The first kappa shape index (κ1) is 12.9. The smallest absolute Gasteiger partial charge is 0.0511 e. The third-order valence-electron chi connectivity index (χ3n) is 4.01. The van der Waals surface area contributed by atoms with E-state index in [1.54, 1.807) is 0 Å². The van der Waals surface area contributed by atoms with Crippen LogP contribution in [0.4, 0.5) is 5.69 Å². The molecule has 1 aliphatic rings. The average Bonchev–Trinajstić information content (AvgIpc) is 2.38.